The Morgan fingerprint density at radius 1 is 1.18 bits per heavy atom. The fourth-order valence-electron chi connectivity index (χ4n) is 3.95. The van der Waals surface area contributed by atoms with Gasteiger partial charge >= 0.3 is 0 Å². The zero-order valence-corrected chi connectivity index (χ0v) is 24.5. The van der Waals surface area contributed by atoms with Crippen LogP contribution in [0.3, 0.4) is 0 Å². The quantitative estimate of drug-likeness (QED) is 0.184. The fraction of sp³-hybridized carbons (Fsp3) is 0.345. The maximum Gasteiger partial charge on any atom is 0.267 e. The van der Waals surface area contributed by atoms with Gasteiger partial charge in [-0.2, -0.15) is 0 Å². The number of ketones is 1. The van der Waals surface area contributed by atoms with Crippen LogP contribution in [0.2, 0.25) is 0 Å². The Morgan fingerprint density at radius 3 is 2.55 bits per heavy atom. The van der Waals surface area contributed by atoms with Crippen LogP contribution < -0.4 is 5.32 Å². The number of hydrogen-bond donors (Lipinski definition) is 1. The van der Waals surface area contributed by atoms with Gasteiger partial charge in [0.05, 0.1) is 22.0 Å². The first kappa shape index (κ1) is 29.5. The van der Waals surface area contributed by atoms with E-state index in [2.05, 4.69) is 35.5 Å². The van der Waals surface area contributed by atoms with E-state index in [1.54, 1.807) is 43.0 Å². The van der Waals surface area contributed by atoms with E-state index >= 15 is 0 Å². The Bertz CT molecular complexity index is 1240. The highest BCUT2D eigenvalue weighted by Gasteiger charge is 2.32. The molecule has 0 unspecified atom stereocenters. The number of allylic oxidation sites excluding steroid dienone is 1. The Hall–Kier alpha value is -3.01. The van der Waals surface area contributed by atoms with Crippen molar-refractivity contribution in [3.8, 4) is 0 Å². The number of hydrogen-bond acceptors (Lipinski definition) is 8. The number of ether oxygens (including phenoxy) is 1. The predicted molar refractivity (Wildman–Crippen MR) is 162 cm³/mol. The van der Waals surface area contributed by atoms with Crippen molar-refractivity contribution in [3.63, 3.8) is 0 Å². The highest BCUT2D eigenvalue weighted by atomic mass is 32.2. The summed E-state index contributed by atoms with van der Waals surface area (Å²) >= 11 is 3.02. The summed E-state index contributed by atoms with van der Waals surface area (Å²) in [4.78, 5) is 35.6. The Balaban J connectivity index is 2.04. The first-order valence-electron chi connectivity index (χ1n) is 12.5. The molecule has 0 spiro atoms. The van der Waals surface area contributed by atoms with Crippen LogP contribution in [0.25, 0.3) is 5.70 Å². The molecule has 0 atom stereocenters. The number of aliphatic imine (C=N–C) groups is 1. The molecule has 1 saturated heterocycles. The van der Waals surface area contributed by atoms with E-state index in [9.17, 15) is 9.59 Å². The van der Waals surface area contributed by atoms with Crippen LogP contribution in [0.15, 0.2) is 69.5 Å². The monoisotopic (exact) mass is 552 g/mol. The minimum atomic E-state index is -0.118. The Kier molecular flexibility index (Phi) is 11.1. The number of nitrogens with one attached hydrogen (secondary N) is 1. The van der Waals surface area contributed by atoms with Gasteiger partial charge in [0, 0.05) is 50.5 Å². The predicted octanol–water partition coefficient (Wildman–Crippen LogP) is 6.45. The van der Waals surface area contributed by atoms with Gasteiger partial charge in [0.2, 0.25) is 0 Å². The number of amides is 1. The lowest BCUT2D eigenvalue weighted by molar-refractivity contribution is -0.121. The van der Waals surface area contributed by atoms with E-state index in [-0.39, 0.29) is 11.7 Å². The molecule has 1 aliphatic heterocycles. The van der Waals surface area contributed by atoms with Crippen molar-refractivity contribution in [2.45, 2.75) is 27.2 Å². The maximum absolute atomic E-state index is 13.4. The minimum absolute atomic E-state index is 0.0327. The first-order chi connectivity index (χ1) is 18.3. The lowest BCUT2D eigenvalue weighted by Crippen LogP contribution is -2.25. The number of Topliss-reactive ketones (excluding diaryl/α,β-unsaturated/α-hetero) is 1. The lowest BCUT2D eigenvalue weighted by Gasteiger charge is -2.26. The third kappa shape index (κ3) is 7.30. The highest BCUT2D eigenvalue weighted by molar-refractivity contribution is 8.18. The fourth-order valence-corrected chi connectivity index (χ4v) is 5.35. The molecule has 1 heterocycles. The van der Waals surface area contributed by atoms with E-state index in [0.29, 0.717) is 41.0 Å². The summed E-state index contributed by atoms with van der Waals surface area (Å²) < 4.78 is 5.32. The van der Waals surface area contributed by atoms with E-state index in [0.717, 1.165) is 28.3 Å². The molecule has 2 aromatic carbocycles. The van der Waals surface area contributed by atoms with Crippen molar-refractivity contribution in [3.05, 3.63) is 75.7 Å². The standard InChI is InChI=1S/C29H36N4O3S2/c1-7-30-24-15-14-23(20(2)34)18-25(24)31-29-32(4)28(35)26(38-29)19-33(16-11-17-36-5)27(21(3)37-6)22-12-9-8-10-13-22/h8-10,12-15,18-19,30H,7,11,16-17H2,1-6H3/b26-19+,27-21-,31-29?. The van der Waals surface area contributed by atoms with Crippen molar-refractivity contribution < 1.29 is 14.3 Å². The minimum Gasteiger partial charge on any atom is -0.385 e. The van der Waals surface area contributed by atoms with Crippen molar-refractivity contribution in [2.75, 3.05) is 45.4 Å². The highest BCUT2D eigenvalue weighted by Crippen LogP contribution is 2.37. The molecular formula is C29H36N4O3S2. The third-order valence-corrected chi connectivity index (χ3v) is 7.84. The zero-order chi connectivity index (χ0) is 27.7. The number of nitrogens with zero attached hydrogens (tertiary/aromatic N) is 3. The molecule has 0 saturated carbocycles. The van der Waals surface area contributed by atoms with Gasteiger partial charge in [-0.3, -0.25) is 14.5 Å². The number of benzene rings is 2. The van der Waals surface area contributed by atoms with Crippen molar-refractivity contribution in [2.24, 2.45) is 4.99 Å². The molecule has 9 heteroatoms. The Labute approximate surface area is 234 Å². The van der Waals surface area contributed by atoms with Gasteiger partial charge in [0.15, 0.2) is 11.0 Å². The maximum atomic E-state index is 13.4. The first-order valence-corrected chi connectivity index (χ1v) is 14.6. The molecule has 0 radical (unpaired) electrons. The number of carbonyl (C=O) groups excluding carboxylic acids is 2. The number of methoxy groups -OCH3 is 1. The van der Waals surface area contributed by atoms with Crippen LogP contribution in [-0.4, -0.2) is 66.8 Å². The molecule has 0 bridgehead atoms. The third-order valence-electron chi connectivity index (χ3n) is 5.99. The van der Waals surface area contributed by atoms with Crippen LogP contribution in [0, 0.1) is 0 Å². The second-order valence-corrected chi connectivity index (χ2v) is 10.7. The zero-order valence-electron chi connectivity index (χ0n) is 22.9. The van der Waals surface area contributed by atoms with Gasteiger partial charge < -0.3 is 15.0 Å². The normalized spacial score (nSPS) is 16.3. The summed E-state index contributed by atoms with van der Waals surface area (Å²) in [5.41, 5.74) is 4.17. The second-order valence-electron chi connectivity index (χ2n) is 8.69. The van der Waals surface area contributed by atoms with E-state index in [4.69, 9.17) is 9.73 Å². The van der Waals surface area contributed by atoms with Crippen LogP contribution in [-0.2, 0) is 9.53 Å². The van der Waals surface area contributed by atoms with Crippen LogP contribution >= 0.6 is 23.5 Å². The number of carbonyl (C=O) groups is 2. The van der Waals surface area contributed by atoms with Gasteiger partial charge in [-0.1, -0.05) is 30.3 Å². The number of thioether (sulfide) groups is 2. The van der Waals surface area contributed by atoms with Crippen molar-refractivity contribution >= 4 is 57.5 Å². The van der Waals surface area contributed by atoms with Crippen molar-refractivity contribution in [1.82, 2.24) is 9.80 Å². The number of anilines is 1. The molecular weight excluding hydrogens is 516 g/mol. The molecule has 1 fully saturated rings. The largest absolute Gasteiger partial charge is 0.385 e. The SMILES string of the molecule is CCNc1ccc(C(C)=O)cc1N=C1S/C(=C/N(CCCOC)/C(=C(/C)SC)c2ccccc2)C(=O)N1C. The molecule has 2 aromatic rings. The Morgan fingerprint density at radius 2 is 1.92 bits per heavy atom. The van der Waals surface area contributed by atoms with Gasteiger partial charge in [0.1, 0.15) is 0 Å². The molecule has 0 aliphatic carbocycles. The van der Waals surface area contributed by atoms with E-state index in [1.807, 2.05) is 37.4 Å². The number of amidine groups is 1. The summed E-state index contributed by atoms with van der Waals surface area (Å²) in [7, 11) is 3.42. The number of likely N-dealkylation sites (N-methyl/N-ethyl adjacent to an activating group) is 1. The molecule has 1 N–H and O–H groups in total. The molecule has 7 nitrogen and oxygen atoms in total. The van der Waals surface area contributed by atoms with Crippen LogP contribution in [0.1, 0.15) is 43.1 Å². The molecule has 1 aliphatic rings. The molecule has 0 aromatic heterocycles. The van der Waals surface area contributed by atoms with Gasteiger partial charge in [-0.05, 0) is 69.0 Å². The molecule has 202 valence electrons. The lowest BCUT2D eigenvalue weighted by atomic mass is 10.1. The summed E-state index contributed by atoms with van der Waals surface area (Å²) in [6, 6.07) is 15.6. The molecule has 1 amide bonds. The van der Waals surface area contributed by atoms with Gasteiger partial charge in [0.25, 0.3) is 5.91 Å². The second kappa shape index (κ2) is 14.2. The van der Waals surface area contributed by atoms with Gasteiger partial charge in [-0.25, -0.2) is 4.99 Å². The topological polar surface area (TPSA) is 74.2 Å². The van der Waals surface area contributed by atoms with Crippen LogP contribution in [0.4, 0.5) is 11.4 Å². The molecule has 3 rings (SSSR count). The smallest absolute Gasteiger partial charge is 0.267 e. The van der Waals surface area contributed by atoms with E-state index in [1.165, 1.54) is 18.7 Å². The van der Waals surface area contributed by atoms with E-state index < -0.39 is 0 Å². The average molecular weight is 553 g/mol. The molecule has 38 heavy (non-hydrogen) atoms. The summed E-state index contributed by atoms with van der Waals surface area (Å²) in [6.45, 7) is 7.66. The average Bonchev–Trinajstić information content (AvgIpc) is 3.17. The van der Waals surface area contributed by atoms with Crippen LogP contribution in [0.5, 0.6) is 0 Å². The number of rotatable bonds is 12. The summed E-state index contributed by atoms with van der Waals surface area (Å²) in [5, 5.41) is 3.85. The van der Waals surface area contributed by atoms with Gasteiger partial charge in [-0.15, -0.1) is 11.8 Å². The van der Waals surface area contributed by atoms with Crippen molar-refractivity contribution in [1.29, 1.82) is 0 Å². The summed E-state index contributed by atoms with van der Waals surface area (Å²) in [6.07, 6.45) is 4.79. The summed E-state index contributed by atoms with van der Waals surface area (Å²) in [5.74, 6) is -0.151.